The molecule has 0 unspecified atom stereocenters. The molecule has 1 amide bonds. The zero-order valence-corrected chi connectivity index (χ0v) is 17.1. The van der Waals surface area contributed by atoms with Crippen molar-refractivity contribution in [3.05, 3.63) is 76.1 Å². The normalized spacial score (nSPS) is 10.7. The van der Waals surface area contributed by atoms with E-state index in [1.807, 2.05) is 23.6 Å². The third kappa shape index (κ3) is 4.04. The molecule has 0 radical (unpaired) electrons. The average molecular weight is 422 g/mol. The maximum absolute atomic E-state index is 12.3. The molecular formula is C22H18N2O5S. The lowest BCUT2D eigenvalue weighted by atomic mass is 10.2. The summed E-state index contributed by atoms with van der Waals surface area (Å²) in [5, 5.41) is 3.17. The van der Waals surface area contributed by atoms with E-state index in [1.165, 1.54) is 29.2 Å². The average Bonchev–Trinajstić information content (AvgIpc) is 3.20. The van der Waals surface area contributed by atoms with Crippen molar-refractivity contribution in [3.63, 3.8) is 0 Å². The van der Waals surface area contributed by atoms with Crippen LogP contribution in [0.1, 0.15) is 12.6 Å². The molecule has 0 N–H and O–H groups in total. The number of ether oxygens (including phenoxy) is 2. The smallest absolute Gasteiger partial charge is 0.336 e. The molecule has 2 aromatic carbocycles. The van der Waals surface area contributed by atoms with Crippen LogP contribution in [0, 0.1) is 0 Å². The number of carbonyl (C=O) groups excluding carboxylic acids is 1. The molecule has 0 aliphatic heterocycles. The molecule has 4 aromatic rings. The largest absolute Gasteiger partial charge is 0.495 e. The van der Waals surface area contributed by atoms with E-state index >= 15 is 0 Å². The first-order valence-electron chi connectivity index (χ1n) is 9.10. The third-order valence-electron chi connectivity index (χ3n) is 4.35. The van der Waals surface area contributed by atoms with Crippen molar-refractivity contribution in [2.24, 2.45) is 0 Å². The summed E-state index contributed by atoms with van der Waals surface area (Å²) in [6.45, 7) is 1.68. The van der Waals surface area contributed by atoms with E-state index in [0.717, 1.165) is 5.39 Å². The fourth-order valence-electron chi connectivity index (χ4n) is 2.98. The molecule has 2 aromatic heterocycles. The number of carbonyl (C=O) groups is 1. The van der Waals surface area contributed by atoms with E-state index in [0.29, 0.717) is 33.6 Å². The van der Waals surface area contributed by atoms with Crippen LogP contribution in [0.15, 0.2) is 69.2 Å². The van der Waals surface area contributed by atoms with Crippen LogP contribution in [0.4, 0.5) is 10.8 Å². The van der Waals surface area contributed by atoms with Gasteiger partial charge in [-0.05, 0) is 30.3 Å². The molecular weight excluding hydrogens is 404 g/mol. The predicted octanol–water partition coefficient (Wildman–Crippen LogP) is 4.52. The number of para-hydroxylation sites is 2. The van der Waals surface area contributed by atoms with Gasteiger partial charge in [0.1, 0.15) is 23.7 Å². The van der Waals surface area contributed by atoms with Crippen molar-refractivity contribution < 1.29 is 18.7 Å². The van der Waals surface area contributed by atoms with Gasteiger partial charge in [-0.15, -0.1) is 11.3 Å². The van der Waals surface area contributed by atoms with E-state index in [4.69, 9.17) is 13.9 Å². The highest BCUT2D eigenvalue weighted by Gasteiger charge is 2.21. The second-order valence-electron chi connectivity index (χ2n) is 6.39. The molecule has 2 heterocycles. The zero-order chi connectivity index (χ0) is 21.1. The van der Waals surface area contributed by atoms with E-state index < -0.39 is 5.63 Å². The number of hydrogen-bond acceptors (Lipinski definition) is 7. The lowest BCUT2D eigenvalue weighted by Gasteiger charge is -2.20. The van der Waals surface area contributed by atoms with E-state index in [9.17, 15) is 9.59 Å². The van der Waals surface area contributed by atoms with Crippen LogP contribution in [0.2, 0.25) is 0 Å². The second kappa shape index (κ2) is 8.38. The summed E-state index contributed by atoms with van der Waals surface area (Å²) < 4.78 is 16.4. The van der Waals surface area contributed by atoms with Gasteiger partial charge in [0.15, 0.2) is 5.13 Å². The van der Waals surface area contributed by atoms with Crippen LogP contribution in [0.3, 0.4) is 0 Å². The zero-order valence-electron chi connectivity index (χ0n) is 16.3. The maximum atomic E-state index is 12.3. The Labute approximate surface area is 176 Å². The number of thiazole rings is 1. The summed E-state index contributed by atoms with van der Waals surface area (Å²) in [7, 11) is 1.56. The topological polar surface area (TPSA) is 81.9 Å². The number of hydrogen-bond donors (Lipinski definition) is 0. The Kier molecular flexibility index (Phi) is 5.49. The molecule has 0 spiro atoms. The number of methoxy groups -OCH3 is 1. The number of nitrogens with zero attached hydrogens (tertiary/aromatic N) is 2. The van der Waals surface area contributed by atoms with Gasteiger partial charge in [-0.2, -0.15) is 0 Å². The lowest BCUT2D eigenvalue weighted by Crippen LogP contribution is -2.23. The van der Waals surface area contributed by atoms with E-state index in [-0.39, 0.29) is 12.5 Å². The molecule has 7 nitrogen and oxygen atoms in total. The minimum atomic E-state index is -0.413. The van der Waals surface area contributed by atoms with Crippen molar-refractivity contribution >= 4 is 39.0 Å². The molecule has 4 rings (SSSR count). The monoisotopic (exact) mass is 422 g/mol. The van der Waals surface area contributed by atoms with Crippen LogP contribution in [-0.4, -0.2) is 18.0 Å². The van der Waals surface area contributed by atoms with Crippen LogP contribution < -0.4 is 20.0 Å². The van der Waals surface area contributed by atoms with Crippen molar-refractivity contribution in [1.29, 1.82) is 0 Å². The van der Waals surface area contributed by atoms with Crippen LogP contribution >= 0.6 is 11.3 Å². The molecule has 152 valence electrons. The van der Waals surface area contributed by atoms with Crippen molar-refractivity contribution in [1.82, 2.24) is 4.98 Å². The third-order valence-corrected chi connectivity index (χ3v) is 5.23. The number of aromatic nitrogens is 1. The molecule has 0 saturated heterocycles. The number of amides is 1. The second-order valence-corrected chi connectivity index (χ2v) is 7.23. The summed E-state index contributed by atoms with van der Waals surface area (Å²) in [5.41, 5.74) is 1.34. The highest BCUT2D eigenvalue weighted by molar-refractivity contribution is 7.14. The summed E-state index contributed by atoms with van der Waals surface area (Å²) >= 11 is 1.34. The van der Waals surface area contributed by atoms with Crippen molar-refractivity contribution in [2.75, 3.05) is 12.0 Å². The molecule has 0 bridgehead atoms. The Morgan fingerprint density at radius 2 is 1.97 bits per heavy atom. The first-order chi connectivity index (χ1) is 14.5. The lowest BCUT2D eigenvalue weighted by molar-refractivity contribution is -0.115. The minimum absolute atomic E-state index is 0.175. The van der Waals surface area contributed by atoms with Gasteiger partial charge >= 0.3 is 5.63 Å². The summed E-state index contributed by atoms with van der Waals surface area (Å²) in [4.78, 5) is 29.8. The van der Waals surface area contributed by atoms with Crippen LogP contribution in [0.25, 0.3) is 11.0 Å². The van der Waals surface area contributed by atoms with Crippen molar-refractivity contribution in [2.45, 2.75) is 13.5 Å². The first-order valence-corrected chi connectivity index (χ1v) is 9.98. The van der Waals surface area contributed by atoms with Gasteiger partial charge in [-0.3, -0.25) is 9.69 Å². The highest BCUT2D eigenvalue weighted by atomic mass is 32.1. The molecule has 8 heteroatoms. The summed E-state index contributed by atoms with van der Waals surface area (Å²) in [6, 6.07) is 15.6. The highest BCUT2D eigenvalue weighted by Crippen LogP contribution is 2.35. The van der Waals surface area contributed by atoms with Gasteiger partial charge in [0, 0.05) is 29.8 Å². The van der Waals surface area contributed by atoms with Gasteiger partial charge in [0.25, 0.3) is 0 Å². The summed E-state index contributed by atoms with van der Waals surface area (Å²) in [5.74, 6) is 0.962. The first kappa shape index (κ1) is 19.7. The SMILES string of the molecule is COc1ccccc1N(C(C)=O)c1nc(COc2ccc3ccc(=O)oc3c2)cs1. The van der Waals surface area contributed by atoms with Gasteiger partial charge in [-0.25, -0.2) is 9.78 Å². The standard InChI is InChI=1S/C22H18N2O5S/c1-14(25)24(18-5-3-4-6-19(18)27-2)22-23-16(13-30-22)12-28-17-9-7-15-8-10-21(26)29-20(15)11-17/h3-11,13H,12H2,1-2H3. The molecule has 0 atom stereocenters. The summed E-state index contributed by atoms with van der Waals surface area (Å²) in [6.07, 6.45) is 0. The molecule has 0 aliphatic carbocycles. The number of anilines is 2. The fourth-order valence-corrected chi connectivity index (χ4v) is 3.84. The molecule has 0 fully saturated rings. The van der Waals surface area contributed by atoms with Gasteiger partial charge in [0.2, 0.25) is 5.91 Å². The number of benzene rings is 2. The Hall–Kier alpha value is -3.65. The van der Waals surface area contributed by atoms with Gasteiger partial charge < -0.3 is 13.9 Å². The Bertz CT molecular complexity index is 1260. The van der Waals surface area contributed by atoms with Crippen LogP contribution in [-0.2, 0) is 11.4 Å². The Morgan fingerprint density at radius 1 is 1.17 bits per heavy atom. The predicted molar refractivity (Wildman–Crippen MR) is 115 cm³/mol. The quantitative estimate of drug-likeness (QED) is 0.425. The number of rotatable bonds is 6. The van der Waals surface area contributed by atoms with Gasteiger partial charge in [0.05, 0.1) is 18.5 Å². The number of fused-ring (bicyclic) bond motifs is 1. The molecule has 0 aliphatic rings. The van der Waals surface area contributed by atoms with Crippen molar-refractivity contribution in [3.8, 4) is 11.5 Å². The van der Waals surface area contributed by atoms with Crippen LogP contribution in [0.5, 0.6) is 11.5 Å². The Balaban J connectivity index is 1.54. The van der Waals surface area contributed by atoms with E-state index in [1.54, 1.807) is 37.4 Å². The maximum Gasteiger partial charge on any atom is 0.336 e. The fraction of sp³-hybridized carbons (Fsp3) is 0.136. The minimum Gasteiger partial charge on any atom is -0.495 e. The van der Waals surface area contributed by atoms with E-state index in [2.05, 4.69) is 4.98 Å². The molecule has 0 saturated carbocycles. The molecule has 30 heavy (non-hydrogen) atoms. The Morgan fingerprint density at radius 3 is 2.77 bits per heavy atom. The van der Waals surface area contributed by atoms with Gasteiger partial charge in [-0.1, -0.05) is 12.1 Å².